The van der Waals surface area contributed by atoms with Gasteiger partial charge in [-0.15, -0.1) is 0 Å². The van der Waals surface area contributed by atoms with Gasteiger partial charge in [0.2, 0.25) is 5.91 Å². The highest BCUT2D eigenvalue weighted by atomic mass is 16.6. The first kappa shape index (κ1) is 24.4. The first-order chi connectivity index (χ1) is 15.8. The smallest absolute Gasteiger partial charge is 0.409 e. The first-order valence-electron chi connectivity index (χ1n) is 11.4. The summed E-state index contributed by atoms with van der Waals surface area (Å²) in [4.78, 5) is 28.9. The van der Waals surface area contributed by atoms with Gasteiger partial charge in [-0.05, 0) is 43.9 Å². The number of hydrogen-bond acceptors (Lipinski definition) is 6. The van der Waals surface area contributed by atoms with Gasteiger partial charge in [-0.25, -0.2) is 4.79 Å². The molecule has 3 rings (SSSR count). The van der Waals surface area contributed by atoms with E-state index >= 15 is 0 Å². The van der Waals surface area contributed by atoms with E-state index in [-0.39, 0.29) is 18.5 Å². The van der Waals surface area contributed by atoms with Crippen LogP contribution in [-0.2, 0) is 16.1 Å². The predicted molar refractivity (Wildman–Crippen MR) is 124 cm³/mol. The zero-order valence-electron chi connectivity index (χ0n) is 19.9. The molecule has 0 aromatic carbocycles. The topological polar surface area (TPSA) is 104 Å². The average molecular weight is 456 g/mol. The fourth-order valence-corrected chi connectivity index (χ4v) is 3.90. The highest BCUT2D eigenvalue weighted by molar-refractivity contribution is 5.93. The third-order valence-corrected chi connectivity index (χ3v) is 5.85. The van der Waals surface area contributed by atoms with Gasteiger partial charge in [0.25, 0.3) is 0 Å². The normalized spacial score (nSPS) is 14.7. The summed E-state index contributed by atoms with van der Waals surface area (Å²) < 4.78 is 12.7. The summed E-state index contributed by atoms with van der Waals surface area (Å²) in [5.74, 6) is 1.33. The second-order valence-corrected chi connectivity index (χ2v) is 8.85. The number of ether oxygens (including phenoxy) is 1. The number of nitrogens with zero attached hydrogens (tertiary/aromatic N) is 4. The van der Waals surface area contributed by atoms with E-state index in [1.165, 1.54) is 0 Å². The monoisotopic (exact) mass is 455 g/mol. The fourth-order valence-electron chi connectivity index (χ4n) is 3.90. The second kappa shape index (κ2) is 11.1. The summed E-state index contributed by atoms with van der Waals surface area (Å²) in [5.41, 5.74) is 2.20. The van der Waals surface area contributed by atoms with Gasteiger partial charge in [0.15, 0.2) is 0 Å². The molecule has 0 bridgehead atoms. The Morgan fingerprint density at radius 2 is 2.03 bits per heavy atom. The Morgan fingerprint density at radius 1 is 1.24 bits per heavy atom. The molecule has 2 amide bonds. The van der Waals surface area contributed by atoms with Gasteiger partial charge in [0.1, 0.15) is 17.6 Å². The summed E-state index contributed by atoms with van der Waals surface area (Å²) in [6, 6.07) is 5.90. The average Bonchev–Trinajstić information content (AvgIpc) is 3.28. The van der Waals surface area contributed by atoms with Crippen molar-refractivity contribution in [2.24, 2.45) is 5.92 Å². The van der Waals surface area contributed by atoms with Gasteiger partial charge in [-0.2, -0.15) is 5.26 Å². The largest absolute Gasteiger partial charge is 0.467 e. The molecule has 0 spiro atoms. The van der Waals surface area contributed by atoms with Crippen LogP contribution in [0.4, 0.5) is 10.6 Å². The molecular formula is C24H33N5O4. The molecule has 1 fully saturated rings. The van der Waals surface area contributed by atoms with Crippen molar-refractivity contribution in [1.29, 1.82) is 5.26 Å². The lowest BCUT2D eigenvalue weighted by Gasteiger charge is -2.22. The van der Waals surface area contributed by atoms with E-state index in [1.807, 2.05) is 49.3 Å². The summed E-state index contributed by atoms with van der Waals surface area (Å²) in [5, 5.41) is 12.6. The molecule has 0 saturated carbocycles. The molecule has 0 radical (unpaired) electrons. The maximum absolute atomic E-state index is 12.9. The van der Waals surface area contributed by atoms with Gasteiger partial charge in [0, 0.05) is 31.9 Å². The van der Waals surface area contributed by atoms with Crippen molar-refractivity contribution in [3.8, 4) is 6.07 Å². The van der Waals surface area contributed by atoms with Gasteiger partial charge in [-0.3, -0.25) is 9.69 Å². The van der Waals surface area contributed by atoms with Crippen LogP contribution >= 0.6 is 0 Å². The third kappa shape index (κ3) is 6.17. The van der Waals surface area contributed by atoms with Crippen molar-refractivity contribution in [3.63, 3.8) is 0 Å². The Morgan fingerprint density at radius 3 is 2.70 bits per heavy atom. The number of hydrogen-bond donors (Lipinski definition) is 1. The third-order valence-electron chi connectivity index (χ3n) is 5.85. The second-order valence-electron chi connectivity index (χ2n) is 8.85. The number of anilines is 1. The number of nitrogens with one attached hydrogen (secondary N) is 1. The van der Waals surface area contributed by atoms with Crippen LogP contribution in [0.25, 0.3) is 0 Å². The van der Waals surface area contributed by atoms with Gasteiger partial charge in [0.05, 0.1) is 31.5 Å². The van der Waals surface area contributed by atoms with Gasteiger partial charge in [-0.1, -0.05) is 13.8 Å². The molecular weight excluding hydrogens is 422 g/mol. The summed E-state index contributed by atoms with van der Waals surface area (Å²) >= 11 is 0. The molecule has 0 unspecified atom stereocenters. The van der Waals surface area contributed by atoms with Crippen LogP contribution in [0.5, 0.6) is 0 Å². The van der Waals surface area contributed by atoms with Crippen LogP contribution in [-0.4, -0.2) is 65.7 Å². The highest BCUT2D eigenvalue weighted by Gasteiger charge is 2.24. The molecule has 0 atom stereocenters. The molecule has 178 valence electrons. The zero-order valence-corrected chi connectivity index (χ0v) is 19.9. The lowest BCUT2D eigenvalue weighted by molar-refractivity contribution is -0.117. The minimum atomic E-state index is -0.296. The predicted octanol–water partition coefficient (Wildman–Crippen LogP) is 3.36. The van der Waals surface area contributed by atoms with Crippen LogP contribution in [0.2, 0.25) is 0 Å². The SMILES string of the molecule is Cc1c(C#N)c(NC(=O)CN2CCCN(C(=O)OCC(C)C)CC2)n(Cc2ccco2)c1C. The van der Waals surface area contributed by atoms with Crippen molar-refractivity contribution in [1.82, 2.24) is 14.4 Å². The van der Waals surface area contributed by atoms with Crippen molar-refractivity contribution in [2.45, 2.75) is 40.7 Å². The quantitative estimate of drug-likeness (QED) is 0.687. The maximum atomic E-state index is 12.9. The van der Waals surface area contributed by atoms with Crippen LogP contribution in [0.15, 0.2) is 22.8 Å². The summed E-state index contributed by atoms with van der Waals surface area (Å²) in [6.07, 6.45) is 2.07. The van der Waals surface area contributed by atoms with E-state index in [0.29, 0.717) is 56.6 Å². The Balaban J connectivity index is 1.63. The standard InChI is InChI=1S/C24H33N5O4/c1-17(2)16-33-24(31)28-9-6-8-27(10-11-28)15-22(30)26-23-21(13-25)18(3)19(4)29(23)14-20-7-5-12-32-20/h5,7,12,17H,6,8-11,14-16H2,1-4H3,(H,26,30). The maximum Gasteiger partial charge on any atom is 0.409 e. The molecule has 1 saturated heterocycles. The molecule has 1 aliphatic heterocycles. The van der Waals surface area contributed by atoms with Crippen molar-refractivity contribution in [3.05, 3.63) is 41.0 Å². The number of carbonyl (C=O) groups excluding carboxylic acids is 2. The molecule has 1 aliphatic rings. The number of amides is 2. The molecule has 9 heteroatoms. The molecule has 0 aliphatic carbocycles. The minimum Gasteiger partial charge on any atom is -0.467 e. The Labute approximate surface area is 194 Å². The van der Waals surface area contributed by atoms with Gasteiger partial charge < -0.3 is 23.9 Å². The number of carbonyl (C=O) groups is 2. The van der Waals surface area contributed by atoms with E-state index in [4.69, 9.17) is 9.15 Å². The van der Waals surface area contributed by atoms with E-state index in [1.54, 1.807) is 11.2 Å². The molecule has 33 heavy (non-hydrogen) atoms. The molecule has 2 aromatic heterocycles. The number of furan rings is 1. The Kier molecular flexibility index (Phi) is 8.17. The van der Waals surface area contributed by atoms with Crippen LogP contribution in [0.3, 0.4) is 0 Å². The fraction of sp³-hybridized carbons (Fsp3) is 0.542. The van der Waals surface area contributed by atoms with Crippen molar-refractivity contribution < 1.29 is 18.7 Å². The summed E-state index contributed by atoms with van der Waals surface area (Å²) in [6.45, 7) is 11.2. The van der Waals surface area contributed by atoms with Crippen LogP contribution in [0.1, 0.15) is 42.8 Å². The molecule has 2 aromatic rings. The molecule has 9 nitrogen and oxygen atoms in total. The summed E-state index contributed by atoms with van der Waals surface area (Å²) in [7, 11) is 0. The van der Waals surface area contributed by atoms with Crippen LogP contribution < -0.4 is 5.32 Å². The molecule has 3 heterocycles. The Bertz CT molecular complexity index is 1000. The Hall–Kier alpha value is -3.25. The lowest BCUT2D eigenvalue weighted by Crippen LogP contribution is -2.38. The number of aromatic nitrogens is 1. The number of rotatable bonds is 7. The zero-order chi connectivity index (χ0) is 24.0. The van der Waals surface area contributed by atoms with Gasteiger partial charge >= 0.3 is 6.09 Å². The first-order valence-corrected chi connectivity index (χ1v) is 11.4. The van der Waals surface area contributed by atoms with Crippen molar-refractivity contribution >= 4 is 17.8 Å². The lowest BCUT2D eigenvalue weighted by atomic mass is 10.2. The van der Waals surface area contributed by atoms with E-state index < -0.39 is 0 Å². The number of nitriles is 1. The van der Waals surface area contributed by atoms with E-state index in [9.17, 15) is 14.9 Å². The van der Waals surface area contributed by atoms with Crippen molar-refractivity contribution in [2.75, 3.05) is 44.6 Å². The minimum absolute atomic E-state index is 0.184. The highest BCUT2D eigenvalue weighted by Crippen LogP contribution is 2.27. The molecule has 1 N–H and O–H groups in total. The van der Waals surface area contributed by atoms with E-state index in [2.05, 4.69) is 11.4 Å². The van der Waals surface area contributed by atoms with E-state index in [0.717, 1.165) is 23.4 Å². The van der Waals surface area contributed by atoms with Crippen LogP contribution in [0, 0.1) is 31.1 Å².